The number of hydrogen-bond donors (Lipinski definition) is 1. The summed E-state index contributed by atoms with van der Waals surface area (Å²) in [5, 5.41) is 10.3. The van der Waals surface area contributed by atoms with Crippen LogP contribution in [0.25, 0.3) is 0 Å². The SMILES string of the molecule is CC(C)c1nc(C(=O)O)c(CN(C)C2CCN(C)CC2)s1. The van der Waals surface area contributed by atoms with Gasteiger partial charge >= 0.3 is 5.97 Å². The summed E-state index contributed by atoms with van der Waals surface area (Å²) < 4.78 is 0. The minimum atomic E-state index is -0.912. The van der Waals surface area contributed by atoms with Crippen LogP contribution >= 0.6 is 11.3 Å². The Bertz CT molecular complexity index is 493. The molecule has 1 aliphatic heterocycles. The van der Waals surface area contributed by atoms with E-state index < -0.39 is 5.97 Å². The van der Waals surface area contributed by atoms with Crippen molar-refractivity contribution in [3.05, 3.63) is 15.6 Å². The number of piperidine rings is 1. The highest BCUT2D eigenvalue weighted by Gasteiger charge is 2.24. The number of aromatic carboxylic acids is 1. The fourth-order valence-corrected chi connectivity index (χ4v) is 3.81. The molecule has 1 saturated heterocycles. The molecule has 2 rings (SSSR count). The molecule has 5 nitrogen and oxygen atoms in total. The second-order valence-electron chi connectivity index (χ2n) is 6.23. The summed E-state index contributed by atoms with van der Waals surface area (Å²) in [5.41, 5.74) is 0.239. The third-order valence-corrected chi connectivity index (χ3v) is 5.46. The number of nitrogens with zero attached hydrogens (tertiary/aromatic N) is 3. The Labute approximate surface area is 130 Å². The van der Waals surface area contributed by atoms with E-state index in [0.717, 1.165) is 35.8 Å². The van der Waals surface area contributed by atoms with Crippen molar-refractivity contribution < 1.29 is 9.90 Å². The van der Waals surface area contributed by atoms with Crippen LogP contribution in [0.2, 0.25) is 0 Å². The van der Waals surface area contributed by atoms with Crippen LogP contribution in [-0.4, -0.2) is 59.1 Å². The van der Waals surface area contributed by atoms with Crippen molar-refractivity contribution in [1.29, 1.82) is 0 Å². The van der Waals surface area contributed by atoms with Crippen molar-refractivity contribution in [3.63, 3.8) is 0 Å². The van der Waals surface area contributed by atoms with E-state index in [9.17, 15) is 9.90 Å². The molecule has 1 aromatic heterocycles. The van der Waals surface area contributed by atoms with E-state index in [-0.39, 0.29) is 11.6 Å². The van der Waals surface area contributed by atoms with Gasteiger partial charge in [0.2, 0.25) is 0 Å². The highest BCUT2D eigenvalue weighted by molar-refractivity contribution is 7.12. The highest BCUT2D eigenvalue weighted by atomic mass is 32.1. The van der Waals surface area contributed by atoms with Gasteiger partial charge in [-0.2, -0.15) is 0 Å². The Kier molecular flexibility index (Phi) is 5.35. The molecule has 21 heavy (non-hydrogen) atoms. The van der Waals surface area contributed by atoms with Crippen molar-refractivity contribution in [2.75, 3.05) is 27.2 Å². The van der Waals surface area contributed by atoms with Crippen molar-refractivity contribution in [2.45, 2.75) is 45.2 Å². The van der Waals surface area contributed by atoms with Gasteiger partial charge in [-0.15, -0.1) is 11.3 Å². The Hall–Kier alpha value is -0.980. The summed E-state index contributed by atoms with van der Waals surface area (Å²) in [6, 6.07) is 0.535. The van der Waals surface area contributed by atoms with E-state index in [1.807, 2.05) is 0 Å². The fourth-order valence-electron chi connectivity index (χ4n) is 2.68. The lowest BCUT2D eigenvalue weighted by molar-refractivity contribution is 0.0687. The van der Waals surface area contributed by atoms with Gasteiger partial charge in [-0.05, 0) is 40.0 Å². The van der Waals surface area contributed by atoms with Gasteiger partial charge in [0.25, 0.3) is 0 Å². The van der Waals surface area contributed by atoms with Crippen molar-refractivity contribution in [2.24, 2.45) is 0 Å². The smallest absolute Gasteiger partial charge is 0.355 e. The summed E-state index contributed by atoms with van der Waals surface area (Å²) in [4.78, 5) is 21.2. The highest BCUT2D eigenvalue weighted by Crippen LogP contribution is 2.27. The molecule has 118 valence electrons. The van der Waals surface area contributed by atoms with Gasteiger partial charge in [0.15, 0.2) is 5.69 Å². The molecule has 1 N–H and O–H groups in total. The number of rotatable bonds is 5. The topological polar surface area (TPSA) is 56.7 Å². The average molecular weight is 311 g/mol. The molecule has 0 unspecified atom stereocenters. The van der Waals surface area contributed by atoms with Gasteiger partial charge in [0.1, 0.15) is 0 Å². The first-order valence-corrected chi connectivity index (χ1v) is 8.31. The van der Waals surface area contributed by atoms with Crippen molar-refractivity contribution in [3.8, 4) is 0 Å². The van der Waals surface area contributed by atoms with E-state index in [1.165, 1.54) is 0 Å². The first kappa shape index (κ1) is 16.4. The lowest BCUT2D eigenvalue weighted by Crippen LogP contribution is -2.41. The largest absolute Gasteiger partial charge is 0.476 e. The maximum Gasteiger partial charge on any atom is 0.355 e. The van der Waals surface area contributed by atoms with Crippen LogP contribution in [0.4, 0.5) is 0 Å². The molecule has 1 aliphatic rings. The molecule has 0 atom stereocenters. The van der Waals surface area contributed by atoms with Crippen LogP contribution in [0, 0.1) is 0 Å². The third-order valence-electron chi connectivity index (χ3n) is 4.11. The summed E-state index contributed by atoms with van der Waals surface area (Å²) >= 11 is 1.54. The van der Waals surface area contributed by atoms with E-state index in [4.69, 9.17) is 0 Å². The normalized spacial score (nSPS) is 17.8. The summed E-state index contributed by atoms with van der Waals surface area (Å²) in [6.07, 6.45) is 2.29. The molecule has 0 bridgehead atoms. The molecule has 2 heterocycles. The summed E-state index contributed by atoms with van der Waals surface area (Å²) in [5.74, 6) is -0.639. The maximum atomic E-state index is 11.4. The van der Waals surface area contributed by atoms with Crippen LogP contribution in [0.3, 0.4) is 0 Å². The van der Waals surface area contributed by atoms with Gasteiger partial charge in [-0.1, -0.05) is 13.8 Å². The van der Waals surface area contributed by atoms with Crippen LogP contribution in [-0.2, 0) is 6.54 Å². The summed E-state index contributed by atoms with van der Waals surface area (Å²) in [6.45, 7) is 7.01. The predicted molar refractivity (Wildman–Crippen MR) is 85.1 cm³/mol. The van der Waals surface area contributed by atoms with Gasteiger partial charge in [0, 0.05) is 18.5 Å². The molecule has 0 spiro atoms. The number of carbonyl (C=O) groups is 1. The number of likely N-dealkylation sites (tertiary alicyclic amines) is 1. The second kappa shape index (κ2) is 6.85. The first-order chi connectivity index (χ1) is 9.88. The quantitative estimate of drug-likeness (QED) is 0.905. The molecule has 0 radical (unpaired) electrons. The minimum absolute atomic E-state index is 0.239. The molecular formula is C15H25N3O2S. The van der Waals surface area contributed by atoms with Crippen molar-refractivity contribution >= 4 is 17.3 Å². The molecule has 1 aromatic rings. The molecule has 0 aliphatic carbocycles. The second-order valence-corrected chi connectivity index (χ2v) is 7.35. The van der Waals surface area contributed by atoms with Gasteiger partial charge in [-0.25, -0.2) is 9.78 Å². The van der Waals surface area contributed by atoms with Gasteiger partial charge < -0.3 is 10.0 Å². The van der Waals surface area contributed by atoms with E-state index in [0.29, 0.717) is 12.6 Å². The Balaban J connectivity index is 2.09. The minimum Gasteiger partial charge on any atom is -0.476 e. The Morgan fingerprint density at radius 2 is 2.10 bits per heavy atom. The Morgan fingerprint density at radius 3 is 2.62 bits per heavy atom. The number of carboxylic acid groups (broad SMARTS) is 1. The fraction of sp³-hybridized carbons (Fsp3) is 0.733. The Morgan fingerprint density at radius 1 is 1.48 bits per heavy atom. The van der Waals surface area contributed by atoms with Crippen LogP contribution < -0.4 is 0 Å². The zero-order valence-corrected chi connectivity index (χ0v) is 14.1. The predicted octanol–water partition coefficient (Wildman–Crippen LogP) is 2.49. The number of aromatic nitrogens is 1. The van der Waals surface area contributed by atoms with Crippen LogP contribution in [0.1, 0.15) is 53.0 Å². The summed E-state index contributed by atoms with van der Waals surface area (Å²) in [7, 11) is 4.24. The average Bonchev–Trinajstić information content (AvgIpc) is 2.83. The zero-order valence-electron chi connectivity index (χ0n) is 13.3. The standard InChI is InChI=1S/C15H25N3O2S/c1-10(2)14-16-13(15(19)20)12(21-14)9-18(4)11-5-7-17(3)8-6-11/h10-11H,5-9H2,1-4H3,(H,19,20). The number of hydrogen-bond acceptors (Lipinski definition) is 5. The van der Waals surface area contributed by atoms with E-state index in [1.54, 1.807) is 11.3 Å². The van der Waals surface area contributed by atoms with E-state index in [2.05, 4.69) is 42.7 Å². The molecule has 1 fully saturated rings. The maximum absolute atomic E-state index is 11.4. The van der Waals surface area contributed by atoms with E-state index >= 15 is 0 Å². The van der Waals surface area contributed by atoms with Crippen molar-refractivity contribution in [1.82, 2.24) is 14.8 Å². The molecular weight excluding hydrogens is 286 g/mol. The zero-order chi connectivity index (χ0) is 15.6. The van der Waals surface area contributed by atoms with Gasteiger partial charge in [0.05, 0.1) is 9.88 Å². The molecule has 6 heteroatoms. The monoisotopic (exact) mass is 311 g/mol. The third kappa shape index (κ3) is 4.02. The van der Waals surface area contributed by atoms with Crippen LogP contribution in [0.15, 0.2) is 0 Å². The lowest BCUT2D eigenvalue weighted by atomic mass is 10.0. The number of carboxylic acids is 1. The first-order valence-electron chi connectivity index (χ1n) is 7.50. The number of thiazole rings is 1. The lowest BCUT2D eigenvalue weighted by Gasteiger charge is -2.34. The molecule has 0 aromatic carbocycles. The van der Waals surface area contributed by atoms with Crippen LogP contribution in [0.5, 0.6) is 0 Å². The molecule has 0 saturated carbocycles. The molecule has 0 amide bonds. The van der Waals surface area contributed by atoms with Gasteiger partial charge in [-0.3, -0.25) is 4.90 Å².